The molecule has 0 aliphatic rings. The molecule has 5 rings (SSSR count). The number of aromatic nitrogens is 1. The number of carbonyl (C=O) groups excluding carboxylic acids is 1. The largest absolute Gasteiger partial charge is 0.492 e. The first-order chi connectivity index (χ1) is 19.4. The molecule has 8 nitrogen and oxygen atoms in total. The Balaban J connectivity index is 1.44. The summed E-state index contributed by atoms with van der Waals surface area (Å²) in [4.78, 5) is 20.2. The Labute approximate surface area is 237 Å². The average molecular weight is 576 g/mol. The van der Waals surface area contributed by atoms with Gasteiger partial charge in [0.15, 0.2) is 5.13 Å². The van der Waals surface area contributed by atoms with Gasteiger partial charge in [-0.25, -0.2) is 13.4 Å². The number of nitrogens with zero attached hydrogens (tertiary/aromatic N) is 3. The lowest BCUT2D eigenvalue weighted by molar-refractivity contribution is 0.0983. The lowest BCUT2D eigenvalue weighted by Crippen LogP contribution is -2.31. The van der Waals surface area contributed by atoms with E-state index in [1.54, 1.807) is 37.5 Å². The molecule has 206 valence electrons. The summed E-state index contributed by atoms with van der Waals surface area (Å²) in [5, 5.41) is 0.486. The molecule has 0 atom stereocenters. The molecule has 0 saturated carbocycles. The summed E-state index contributed by atoms with van der Waals surface area (Å²) >= 11 is 1.38. The molecule has 2 heterocycles. The molecule has 3 aromatic carbocycles. The lowest BCUT2D eigenvalue weighted by Gasteiger charge is -2.21. The van der Waals surface area contributed by atoms with Crippen molar-refractivity contribution in [3.05, 3.63) is 108 Å². The highest BCUT2D eigenvalue weighted by Crippen LogP contribution is 2.35. The number of amides is 1. The third kappa shape index (κ3) is 5.79. The van der Waals surface area contributed by atoms with E-state index in [4.69, 9.17) is 14.1 Å². The van der Waals surface area contributed by atoms with Crippen molar-refractivity contribution < 1.29 is 22.4 Å². The Morgan fingerprint density at radius 3 is 2.38 bits per heavy atom. The second kappa shape index (κ2) is 12.0. The van der Waals surface area contributed by atoms with Crippen LogP contribution in [-0.4, -0.2) is 36.8 Å². The second-order valence-corrected chi connectivity index (χ2v) is 11.9. The first-order valence-electron chi connectivity index (χ1n) is 12.9. The summed E-state index contributed by atoms with van der Waals surface area (Å²) in [5.41, 5.74) is 1.92. The van der Waals surface area contributed by atoms with Crippen LogP contribution < -0.4 is 9.64 Å². The van der Waals surface area contributed by atoms with E-state index in [1.165, 1.54) is 32.7 Å². The van der Waals surface area contributed by atoms with E-state index in [0.717, 1.165) is 10.3 Å². The quantitative estimate of drug-likeness (QED) is 0.182. The van der Waals surface area contributed by atoms with Gasteiger partial charge in [-0.15, -0.1) is 0 Å². The Hall–Kier alpha value is -3.99. The SMILES string of the molecule is CCOc1cccc2sc(N(Cc3ccco3)C(=O)c3ccc(S(=O)(=O)N(CC)Cc4ccccc4)cc3)nc12. The van der Waals surface area contributed by atoms with Gasteiger partial charge in [-0.2, -0.15) is 4.31 Å². The monoisotopic (exact) mass is 575 g/mol. The summed E-state index contributed by atoms with van der Waals surface area (Å²) in [7, 11) is -3.76. The Kier molecular flexibility index (Phi) is 8.29. The second-order valence-electron chi connectivity index (χ2n) is 8.94. The van der Waals surface area contributed by atoms with Crippen molar-refractivity contribution in [2.45, 2.75) is 31.8 Å². The number of fused-ring (bicyclic) bond motifs is 1. The van der Waals surface area contributed by atoms with Crippen LogP contribution in [0.1, 0.15) is 35.5 Å². The predicted octanol–water partition coefficient (Wildman–Crippen LogP) is 6.35. The highest BCUT2D eigenvalue weighted by molar-refractivity contribution is 7.89. The first-order valence-corrected chi connectivity index (χ1v) is 15.2. The fourth-order valence-electron chi connectivity index (χ4n) is 4.31. The zero-order valence-corrected chi connectivity index (χ0v) is 23.8. The zero-order valence-electron chi connectivity index (χ0n) is 22.2. The van der Waals surface area contributed by atoms with Crippen LogP contribution in [0.5, 0.6) is 5.75 Å². The highest BCUT2D eigenvalue weighted by Gasteiger charge is 2.26. The summed E-state index contributed by atoms with van der Waals surface area (Å²) < 4.78 is 40.4. The smallest absolute Gasteiger partial charge is 0.260 e. The Bertz CT molecular complexity index is 1680. The summed E-state index contributed by atoms with van der Waals surface area (Å²) in [5.74, 6) is 0.920. The number of rotatable bonds is 11. The van der Waals surface area contributed by atoms with Gasteiger partial charge in [-0.1, -0.05) is 54.7 Å². The van der Waals surface area contributed by atoms with Gasteiger partial charge in [0.2, 0.25) is 10.0 Å². The molecule has 0 unspecified atom stereocenters. The molecule has 0 N–H and O–H groups in total. The van der Waals surface area contributed by atoms with Crippen LogP contribution in [0.3, 0.4) is 0 Å². The maximum atomic E-state index is 13.8. The van der Waals surface area contributed by atoms with Gasteiger partial charge >= 0.3 is 0 Å². The van der Waals surface area contributed by atoms with Crippen molar-refractivity contribution in [1.82, 2.24) is 9.29 Å². The third-order valence-corrected chi connectivity index (χ3v) is 9.31. The third-order valence-electron chi connectivity index (χ3n) is 6.33. The summed E-state index contributed by atoms with van der Waals surface area (Å²) in [6, 6.07) is 24.7. The Morgan fingerprint density at radius 1 is 0.925 bits per heavy atom. The fraction of sp³-hybridized carbons (Fsp3) is 0.200. The van der Waals surface area contributed by atoms with Gasteiger partial charge in [0.05, 0.1) is 29.0 Å². The molecule has 2 aromatic heterocycles. The van der Waals surface area contributed by atoms with Gasteiger partial charge in [0, 0.05) is 18.7 Å². The normalized spacial score (nSPS) is 11.7. The van der Waals surface area contributed by atoms with Gasteiger partial charge in [-0.3, -0.25) is 9.69 Å². The van der Waals surface area contributed by atoms with Crippen molar-refractivity contribution in [2.75, 3.05) is 18.1 Å². The number of carbonyl (C=O) groups is 1. The number of ether oxygens (including phenoxy) is 1. The van der Waals surface area contributed by atoms with Crippen LogP contribution in [0.25, 0.3) is 10.2 Å². The lowest BCUT2D eigenvalue weighted by atomic mass is 10.2. The molecule has 0 fully saturated rings. The molecule has 0 bridgehead atoms. The number of hydrogen-bond acceptors (Lipinski definition) is 7. The van der Waals surface area contributed by atoms with Crippen LogP contribution in [0, 0.1) is 0 Å². The number of thiazole rings is 1. The zero-order chi connectivity index (χ0) is 28.1. The molecule has 1 amide bonds. The number of benzene rings is 3. The number of anilines is 1. The molecule has 0 aliphatic heterocycles. The van der Waals surface area contributed by atoms with Crippen LogP contribution in [0.2, 0.25) is 0 Å². The van der Waals surface area contributed by atoms with Crippen LogP contribution in [-0.2, 0) is 23.1 Å². The van der Waals surface area contributed by atoms with E-state index >= 15 is 0 Å². The van der Waals surface area contributed by atoms with Crippen molar-refractivity contribution >= 4 is 42.6 Å². The molecule has 10 heteroatoms. The van der Waals surface area contributed by atoms with Crippen molar-refractivity contribution in [3.8, 4) is 5.75 Å². The number of furan rings is 1. The summed E-state index contributed by atoms with van der Waals surface area (Å²) in [6.07, 6.45) is 1.55. The maximum Gasteiger partial charge on any atom is 0.260 e. The molecule has 0 aliphatic carbocycles. The van der Waals surface area contributed by atoms with E-state index in [9.17, 15) is 13.2 Å². The van der Waals surface area contributed by atoms with E-state index in [2.05, 4.69) is 0 Å². The summed E-state index contributed by atoms with van der Waals surface area (Å²) in [6.45, 7) is 4.95. The van der Waals surface area contributed by atoms with Crippen LogP contribution in [0.4, 0.5) is 5.13 Å². The number of sulfonamides is 1. The van der Waals surface area contributed by atoms with E-state index < -0.39 is 10.0 Å². The van der Waals surface area contributed by atoms with Crippen molar-refractivity contribution in [1.29, 1.82) is 0 Å². The van der Waals surface area contributed by atoms with E-state index in [-0.39, 0.29) is 23.9 Å². The fourth-order valence-corrected chi connectivity index (χ4v) is 6.73. The van der Waals surface area contributed by atoms with Crippen molar-refractivity contribution in [3.63, 3.8) is 0 Å². The molecule has 0 saturated heterocycles. The van der Waals surface area contributed by atoms with E-state index in [0.29, 0.717) is 40.9 Å². The number of para-hydroxylation sites is 1. The molecule has 0 spiro atoms. The van der Waals surface area contributed by atoms with Gasteiger partial charge < -0.3 is 9.15 Å². The average Bonchev–Trinajstić information content (AvgIpc) is 3.65. The van der Waals surface area contributed by atoms with Crippen LogP contribution >= 0.6 is 11.3 Å². The minimum absolute atomic E-state index is 0.126. The van der Waals surface area contributed by atoms with Gasteiger partial charge in [0.1, 0.15) is 17.0 Å². The molecule has 0 radical (unpaired) electrons. The molecular formula is C30H29N3O5S2. The molecular weight excluding hydrogens is 546 g/mol. The Morgan fingerprint density at radius 2 is 1.70 bits per heavy atom. The van der Waals surface area contributed by atoms with Crippen molar-refractivity contribution in [2.24, 2.45) is 0 Å². The highest BCUT2D eigenvalue weighted by atomic mass is 32.2. The molecule has 40 heavy (non-hydrogen) atoms. The van der Waals surface area contributed by atoms with Crippen LogP contribution in [0.15, 0.2) is 101 Å². The first kappa shape index (κ1) is 27.6. The maximum absolute atomic E-state index is 13.8. The number of hydrogen-bond donors (Lipinski definition) is 0. The standard InChI is InChI=1S/C30H29N3O5S2/c1-3-32(20-22-10-6-5-7-11-22)40(35,36)25-17-15-23(16-18-25)29(34)33(21-24-12-9-19-38-24)30-31-28-26(37-4-2)13-8-14-27(28)39-30/h5-19H,3-4,20-21H2,1-2H3. The minimum atomic E-state index is -3.76. The van der Waals surface area contributed by atoms with E-state index in [1.807, 2.05) is 55.5 Å². The van der Waals surface area contributed by atoms with Gasteiger partial charge in [-0.05, 0) is 61.0 Å². The minimum Gasteiger partial charge on any atom is -0.492 e. The predicted molar refractivity (Wildman–Crippen MR) is 156 cm³/mol. The molecule has 5 aromatic rings. The topological polar surface area (TPSA) is 92.9 Å². The van der Waals surface area contributed by atoms with Gasteiger partial charge in [0.25, 0.3) is 5.91 Å².